The van der Waals surface area contributed by atoms with Gasteiger partial charge < -0.3 is 15.2 Å². The number of halogens is 1. The fourth-order valence-corrected chi connectivity index (χ4v) is 3.09. The van der Waals surface area contributed by atoms with Gasteiger partial charge in [0.2, 0.25) is 0 Å². The largest absolute Gasteiger partial charge is 0.489 e. The van der Waals surface area contributed by atoms with E-state index in [0.29, 0.717) is 0 Å². The Labute approximate surface area is 121 Å². The van der Waals surface area contributed by atoms with Crippen molar-refractivity contribution in [2.75, 3.05) is 13.2 Å². The summed E-state index contributed by atoms with van der Waals surface area (Å²) in [5, 5.41) is 0. The molecule has 2 saturated carbocycles. The van der Waals surface area contributed by atoms with Crippen molar-refractivity contribution in [3.63, 3.8) is 0 Å². The van der Waals surface area contributed by atoms with E-state index >= 15 is 0 Å². The van der Waals surface area contributed by atoms with Crippen molar-refractivity contribution in [1.82, 2.24) is 0 Å². The zero-order valence-corrected chi connectivity index (χ0v) is 12.5. The summed E-state index contributed by atoms with van der Waals surface area (Å²) in [5.41, 5.74) is 7.75. The Morgan fingerprint density at radius 2 is 1.68 bits per heavy atom. The molecule has 19 heavy (non-hydrogen) atoms. The molecule has 1 aliphatic heterocycles. The van der Waals surface area contributed by atoms with E-state index in [2.05, 4.69) is 22.0 Å². The Hall–Kier alpha value is -0.740. The Morgan fingerprint density at radius 1 is 1.05 bits per heavy atom. The van der Waals surface area contributed by atoms with E-state index in [0.717, 1.165) is 48.4 Å². The van der Waals surface area contributed by atoms with Crippen molar-refractivity contribution in [3.8, 4) is 11.5 Å². The first-order valence-electron chi connectivity index (χ1n) is 6.95. The maximum Gasteiger partial charge on any atom is 0.162 e. The highest BCUT2D eigenvalue weighted by Gasteiger charge is 2.46. The first-order valence-corrected chi connectivity index (χ1v) is 7.74. The zero-order valence-electron chi connectivity index (χ0n) is 10.9. The first kappa shape index (κ1) is 12.0. The molecular weight excluding hydrogens is 306 g/mol. The third-order valence-corrected chi connectivity index (χ3v) is 5.31. The molecule has 0 saturated heterocycles. The normalized spacial score (nSPS) is 24.9. The SMILES string of the molecule is NC1(Cc2cc3c(cc2Br)OCC2(CC2)CO3)CC1. The molecule has 102 valence electrons. The lowest BCUT2D eigenvalue weighted by Gasteiger charge is -2.14. The lowest BCUT2D eigenvalue weighted by atomic mass is 10.0. The van der Waals surface area contributed by atoms with Crippen molar-refractivity contribution in [1.29, 1.82) is 0 Å². The standard InChI is InChI=1S/C15H18BrNO2/c16-11-6-13-12(5-10(11)7-15(17)3-4-15)18-8-14(1-2-14)9-19-13/h5-6H,1-4,7-9,17H2. The minimum Gasteiger partial charge on any atom is -0.489 e. The summed E-state index contributed by atoms with van der Waals surface area (Å²) in [6, 6.07) is 4.14. The van der Waals surface area contributed by atoms with Crippen molar-refractivity contribution < 1.29 is 9.47 Å². The number of hydrogen-bond donors (Lipinski definition) is 1. The van der Waals surface area contributed by atoms with E-state index < -0.39 is 0 Å². The van der Waals surface area contributed by atoms with Gasteiger partial charge >= 0.3 is 0 Å². The Bertz CT molecular complexity index is 535. The van der Waals surface area contributed by atoms with Crippen LogP contribution < -0.4 is 15.2 Å². The summed E-state index contributed by atoms with van der Waals surface area (Å²) < 4.78 is 13.0. The fourth-order valence-electron chi connectivity index (χ4n) is 2.62. The van der Waals surface area contributed by atoms with Crippen LogP contribution in [-0.4, -0.2) is 18.8 Å². The van der Waals surface area contributed by atoms with Gasteiger partial charge in [0.15, 0.2) is 11.5 Å². The maximum atomic E-state index is 6.21. The third-order valence-electron chi connectivity index (χ3n) is 4.57. The second kappa shape index (κ2) is 3.89. The average molecular weight is 324 g/mol. The number of hydrogen-bond acceptors (Lipinski definition) is 3. The molecule has 1 aromatic rings. The molecule has 1 heterocycles. The van der Waals surface area contributed by atoms with Crippen molar-refractivity contribution >= 4 is 15.9 Å². The minimum absolute atomic E-state index is 0.0139. The Morgan fingerprint density at radius 3 is 2.26 bits per heavy atom. The van der Waals surface area contributed by atoms with Gasteiger partial charge in [-0.2, -0.15) is 0 Å². The molecule has 0 unspecified atom stereocenters. The van der Waals surface area contributed by atoms with Gasteiger partial charge in [0, 0.05) is 15.4 Å². The minimum atomic E-state index is 0.0139. The van der Waals surface area contributed by atoms with Crippen LogP contribution in [0.5, 0.6) is 11.5 Å². The summed E-state index contributed by atoms with van der Waals surface area (Å²) >= 11 is 3.63. The van der Waals surface area contributed by atoms with Gasteiger partial charge in [0.05, 0.1) is 13.2 Å². The van der Waals surface area contributed by atoms with Gasteiger partial charge in [-0.3, -0.25) is 0 Å². The molecule has 2 N–H and O–H groups in total. The Balaban J connectivity index is 1.63. The van der Waals surface area contributed by atoms with Crippen molar-refractivity contribution in [2.24, 2.45) is 11.1 Å². The van der Waals surface area contributed by atoms with Crippen LogP contribution in [0.4, 0.5) is 0 Å². The fraction of sp³-hybridized carbons (Fsp3) is 0.600. The molecule has 4 heteroatoms. The highest BCUT2D eigenvalue weighted by atomic mass is 79.9. The molecule has 1 spiro atoms. The number of fused-ring (bicyclic) bond motifs is 1. The summed E-state index contributed by atoms with van der Waals surface area (Å²) in [6.07, 6.45) is 5.60. The van der Waals surface area contributed by atoms with Crippen LogP contribution in [-0.2, 0) is 6.42 Å². The highest BCUT2D eigenvalue weighted by molar-refractivity contribution is 9.10. The lowest BCUT2D eigenvalue weighted by molar-refractivity contribution is 0.197. The molecule has 0 atom stereocenters. The average Bonchev–Trinajstić information content (AvgIpc) is 3.27. The zero-order chi connectivity index (χ0) is 13.1. The van der Waals surface area contributed by atoms with E-state index in [-0.39, 0.29) is 11.0 Å². The number of nitrogens with two attached hydrogens (primary N) is 1. The molecule has 0 bridgehead atoms. The topological polar surface area (TPSA) is 44.5 Å². The first-order chi connectivity index (χ1) is 9.08. The van der Waals surface area contributed by atoms with Gasteiger partial charge in [0.1, 0.15) is 0 Å². The van der Waals surface area contributed by atoms with Gasteiger partial charge in [0.25, 0.3) is 0 Å². The van der Waals surface area contributed by atoms with Gasteiger partial charge in [-0.25, -0.2) is 0 Å². The monoisotopic (exact) mass is 323 g/mol. The Kier molecular flexibility index (Phi) is 2.46. The molecular formula is C15H18BrNO2. The maximum absolute atomic E-state index is 6.21. The van der Waals surface area contributed by atoms with Gasteiger partial charge in [-0.1, -0.05) is 15.9 Å². The van der Waals surface area contributed by atoms with Crippen LogP contribution in [0.25, 0.3) is 0 Å². The van der Waals surface area contributed by atoms with Crippen LogP contribution >= 0.6 is 15.9 Å². The van der Waals surface area contributed by atoms with Gasteiger partial charge in [-0.15, -0.1) is 0 Å². The van der Waals surface area contributed by atoms with E-state index in [1.54, 1.807) is 0 Å². The number of benzene rings is 1. The predicted molar refractivity (Wildman–Crippen MR) is 76.7 cm³/mol. The molecule has 2 fully saturated rings. The van der Waals surface area contributed by atoms with Crippen molar-refractivity contribution in [2.45, 2.75) is 37.6 Å². The molecule has 0 aromatic heterocycles. The third kappa shape index (κ3) is 2.25. The summed E-state index contributed by atoms with van der Waals surface area (Å²) in [5.74, 6) is 1.74. The summed E-state index contributed by atoms with van der Waals surface area (Å²) in [7, 11) is 0. The quantitative estimate of drug-likeness (QED) is 0.909. The highest BCUT2D eigenvalue weighted by Crippen LogP contribution is 2.50. The van der Waals surface area contributed by atoms with Crippen LogP contribution in [0.3, 0.4) is 0 Å². The molecule has 3 aliphatic rings. The second-order valence-corrected chi connectivity index (χ2v) is 7.36. The van der Waals surface area contributed by atoms with E-state index in [4.69, 9.17) is 15.2 Å². The van der Waals surface area contributed by atoms with Crippen LogP contribution in [0.1, 0.15) is 31.2 Å². The molecule has 2 aliphatic carbocycles. The van der Waals surface area contributed by atoms with E-state index in [1.807, 2.05) is 6.07 Å². The van der Waals surface area contributed by atoms with E-state index in [9.17, 15) is 0 Å². The molecule has 4 rings (SSSR count). The lowest BCUT2D eigenvalue weighted by Crippen LogP contribution is -2.24. The van der Waals surface area contributed by atoms with Crippen LogP contribution in [0, 0.1) is 5.41 Å². The molecule has 0 radical (unpaired) electrons. The number of rotatable bonds is 2. The van der Waals surface area contributed by atoms with Crippen LogP contribution in [0.2, 0.25) is 0 Å². The van der Waals surface area contributed by atoms with Crippen molar-refractivity contribution in [3.05, 3.63) is 22.2 Å². The van der Waals surface area contributed by atoms with Gasteiger partial charge in [-0.05, 0) is 49.8 Å². The molecule has 0 amide bonds. The second-order valence-electron chi connectivity index (χ2n) is 6.51. The molecule has 1 aromatic carbocycles. The summed E-state index contributed by atoms with van der Waals surface area (Å²) in [6.45, 7) is 1.57. The smallest absolute Gasteiger partial charge is 0.162 e. The van der Waals surface area contributed by atoms with E-state index in [1.165, 1.54) is 18.4 Å². The number of ether oxygens (including phenoxy) is 2. The predicted octanol–water partition coefficient (Wildman–Crippen LogP) is 3.03. The summed E-state index contributed by atoms with van der Waals surface area (Å²) in [4.78, 5) is 0. The molecule has 3 nitrogen and oxygen atoms in total. The van der Waals surface area contributed by atoms with Crippen LogP contribution in [0.15, 0.2) is 16.6 Å².